The highest BCUT2D eigenvalue weighted by atomic mass is 32.2. The first-order valence-electron chi connectivity index (χ1n) is 7.70. The summed E-state index contributed by atoms with van der Waals surface area (Å²) < 4.78 is 24.1. The maximum atomic E-state index is 12.1. The van der Waals surface area contributed by atoms with Crippen LogP contribution in [-0.2, 0) is 14.6 Å². The first kappa shape index (κ1) is 18.2. The average molecular weight is 355 g/mol. The highest BCUT2D eigenvalue weighted by molar-refractivity contribution is 7.90. The molecule has 1 aliphatic heterocycles. The summed E-state index contributed by atoms with van der Waals surface area (Å²) in [5.41, 5.74) is 5.42. The Balaban J connectivity index is 2.30. The average Bonchev–Trinajstić information content (AvgIpc) is 2.51. The predicted molar refractivity (Wildman–Crippen MR) is 89.6 cm³/mol. The van der Waals surface area contributed by atoms with Gasteiger partial charge in [0.2, 0.25) is 5.91 Å². The lowest BCUT2D eigenvalue weighted by atomic mass is 9.93. The van der Waals surface area contributed by atoms with Crippen LogP contribution in [0.2, 0.25) is 0 Å². The molecule has 0 aliphatic carbocycles. The van der Waals surface area contributed by atoms with Crippen molar-refractivity contribution < 1.29 is 18.1 Å². The number of nitro groups is 1. The molecular weight excluding hydrogens is 334 g/mol. The number of anilines is 1. The zero-order valence-corrected chi connectivity index (χ0v) is 14.3. The van der Waals surface area contributed by atoms with Crippen LogP contribution < -0.4 is 10.6 Å². The van der Waals surface area contributed by atoms with Crippen LogP contribution >= 0.6 is 0 Å². The number of hydrogen-bond donors (Lipinski definition) is 1. The third kappa shape index (κ3) is 4.44. The zero-order valence-electron chi connectivity index (χ0n) is 13.5. The van der Waals surface area contributed by atoms with Gasteiger partial charge in [0.25, 0.3) is 5.69 Å². The van der Waals surface area contributed by atoms with E-state index in [9.17, 15) is 23.3 Å². The number of nitro benzene ring substituents is 1. The quantitative estimate of drug-likeness (QED) is 0.609. The van der Waals surface area contributed by atoms with Crippen LogP contribution in [0.25, 0.3) is 0 Å². The molecule has 1 aromatic carbocycles. The van der Waals surface area contributed by atoms with Crippen molar-refractivity contribution in [2.24, 2.45) is 11.7 Å². The lowest BCUT2D eigenvalue weighted by molar-refractivity contribution is -0.385. The van der Waals surface area contributed by atoms with Gasteiger partial charge < -0.3 is 10.6 Å². The molecule has 1 amide bonds. The third-order valence-corrected chi connectivity index (χ3v) is 5.34. The second-order valence-corrected chi connectivity index (χ2v) is 8.12. The fourth-order valence-corrected chi connectivity index (χ4v) is 3.95. The zero-order chi connectivity index (χ0) is 17.9. The summed E-state index contributed by atoms with van der Waals surface area (Å²) in [6.07, 6.45) is 3.82. The molecule has 1 unspecified atom stereocenters. The highest BCUT2D eigenvalue weighted by Gasteiger charge is 2.26. The minimum Gasteiger partial charge on any atom is -0.370 e. The number of hydrogen-bond acceptors (Lipinski definition) is 6. The summed E-state index contributed by atoms with van der Waals surface area (Å²) >= 11 is 0. The summed E-state index contributed by atoms with van der Waals surface area (Å²) in [7, 11) is -3.60. The van der Waals surface area contributed by atoms with Crippen molar-refractivity contribution >= 4 is 27.1 Å². The first-order valence-corrected chi connectivity index (χ1v) is 9.59. The van der Waals surface area contributed by atoms with E-state index in [0.29, 0.717) is 31.6 Å². The van der Waals surface area contributed by atoms with Gasteiger partial charge in [0.15, 0.2) is 9.84 Å². The number of sulfone groups is 1. The van der Waals surface area contributed by atoms with Gasteiger partial charge in [-0.15, -0.1) is 0 Å². The molecule has 24 heavy (non-hydrogen) atoms. The predicted octanol–water partition coefficient (Wildman–Crippen LogP) is 1.48. The number of primary amides is 1. The number of benzene rings is 1. The van der Waals surface area contributed by atoms with Crippen molar-refractivity contribution in [3.63, 3.8) is 0 Å². The standard InChI is InChI=1S/C15H21N3O5S/c1-24(22,23)14-9-12(18(20)21)5-6-13(14)17-8-2-3-11(10-17)4-7-15(16)19/h5-6,9,11H,2-4,7-8,10H2,1H3,(H2,16,19). The molecule has 0 bridgehead atoms. The van der Waals surface area contributed by atoms with Gasteiger partial charge in [0, 0.05) is 37.9 Å². The van der Waals surface area contributed by atoms with E-state index in [4.69, 9.17) is 5.73 Å². The highest BCUT2D eigenvalue weighted by Crippen LogP contribution is 2.33. The van der Waals surface area contributed by atoms with Crippen molar-refractivity contribution in [3.05, 3.63) is 28.3 Å². The first-order chi connectivity index (χ1) is 11.2. The smallest absolute Gasteiger partial charge is 0.270 e. The number of carbonyl (C=O) groups excluding carboxylic acids is 1. The van der Waals surface area contributed by atoms with Crippen LogP contribution in [0, 0.1) is 16.0 Å². The van der Waals surface area contributed by atoms with Crippen LogP contribution in [-0.4, -0.2) is 38.6 Å². The molecule has 2 N–H and O–H groups in total. The van der Waals surface area contributed by atoms with E-state index in [0.717, 1.165) is 25.2 Å². The Hall–Kier alpha value is -2.16. The molecule has 1 saturated heterocycles. The molecule has 2 rings (SSSR count). The number of non-ortho nitro benzene ring substituents is 1. The van der Waals surface area contributed by atoms with Gasteiger partial charge in [-0.1, -0.05) is 0 Å². The second kappa shape index (κ2) is 7.16. The molecule has 0 spiro atoms. The SMILES string of the molecule is CS(=O)(=O)c1cc([N+](=O)[O-])ccc1N1CCCC(CCC(N)=O)C1. The molecule has 0 radical (unpaired) electrons. The molecule has 9 heteroatoms. The number of rotatable bonds is 6. The van der Waals surface area contributed by atoms with Crippen molar-refractivity contribution in [1.29, 1.82) is 0 Å². The van der Waals surface area contributed by atoms with E-state index < -0.39 is 14.8 Å². The number of nitrogens with zero attached hydrogens (tertiary/aromatic N) is 2. The van der Waals surface area contributed by atoms with Crippen molar-refractivity contribution in [1.82, 2.24) is 0 Å². The Kier molecular flexibility index (Phi) is 5.43. The molecule has 1 aromatic rings. The van der Waals surface area contributed by atoms with E-state index in [1.807, 2.05) is 4.90 Å². The van der Waals surface area contributed by atoms with Gasteiger partial charge in [-0.2, -0.15) is 0 Å². The van der Waals surface area contributed by atoms with Crippen LogP contribution in [0.3, 0.4) is 0 Å². The molecule has 1 aliphatic rings. The van der Waals surface area contributed by atoms with Crippen molar-refractivity contribution in [2.45, 2.75) is 30.6 Å². The Bertz CT molecular complexity index is 747. The fourth-order valence-electron chi connectivity index (χ4n) is 3.04. The molecule has 8 nitrogen and oxygen atoms in total. The monoisotopic (exact) mass is 355 g/mol. The van der Waals surface area contributed by atoms with E-state index >= 15 is 0 Å². The van der Waals surface area contributed by atoms with E-state index in [1.165, 1.54) is 12.1 Å². The van der Waals surface area contributed by atoms with Gasteiger partial charge >= 0.3 is 0 Å². The fraction of sp³-hybridized carbons (Fsp3) is 0.533. The largest absolute Gasteiger partial charge is 0.370 e. The van der Waals surface area contributed by atoms with Crippen molar-refractivity contribution in [2.75, 3.05) is 24.2 Å². The molecule has 1 heterocycles. The number of carbonyl (C=O) groups is 1. The summed E-state index contributed by atoms with van der Waals surface area (Å²) in [6, 6.07) is 3.92. The molecule has 1 atom stereocenters. The van der Waals surface area contributed by atoms with Crippen LogP contribution in [0.4, 0.5) is 11.4 Å². The number of nitrogens with two attached hydrogens (primary N) is 1. The normalized spacial score (nSPS) is 18.4. The van der Waals surface area contributed by atoms with Gasteiger partial charge in [0.1, 0.15) is 0 Å². The van der Waals surface area contributed by atoms with Gasteiger partial charge in [-0.25, -0.2) is 8.42 Å². The summed E-state index contributed by atoms with van der Waals surface area (Å²) in [5, 5.41) is 10.9. The Morgan fingerprint density at radius 1 is 1.46 bits per heavy atom. The molecule has 1 fully saturated rings. The van der Waals surface area contributed by atoms with Crippen LogP contribution in [0.15, 0.2) is 23.1 Å². The van der Waals surface area contributed by atoms with Gasteiger partial charge in [-0.3, -0.25) is 14.9 Å². The summed E-state index contributed by atoms with van der Waals surface area (Å²) in [5.74, 6) is -0.104. The third-order valence-electron chi connectivity index (χ3n) is 4.21. The maximum absolute atomic E-state index is 12.1. The van der Waals surface area contributed by atoms with E-state index in [1.54, 1.807) is 0 Å². The minimum atomic E-state index is -3.60. The minimum absolute atomic E-state index is 0.0350. The lowest BCUT2D eigenvalue weighted by Gasteiger charge is -2.35. The van der Waals surface area contributed by atoms with Crippen LogP contribution in [0.5, 0.6) is 0 Å². The van der Waals surface area contributed by atoms with Crippen molar-refractivity contribution in [3.8, 4) is 0 Å². The Morgan fingerprint density at radius 3 is 2.75 bits per heavy atom. The number of piperidine rings is 1. The van der Waals surface area contributed by atoms with Gasteiger partial charge in [-0.05, 0) is 31.2 Å². The Morgan fingerprint density at radius 2 is 2.17 bits per heavy atom. The van der Waals surface area contributed by atoms with E-state index in [-0.39, 0.29) is 22.4 Å². The summed E-state index contributed by atoms with van der Waals surface area (Å²) in [6.45, 7) is 1.28. The topological polar surface area (TPSA) is 124 Å². The molecule has 0 aromatic heterocycles. The second-order valence-electron chi connectivity index (χ2n) is 6.14. The summed E-state index contributed by atoms with van der Waals surface area (Å²) in [4.78, 5) is 23.2. The molecular formula is C15H21N3O5S. The van der Waals surface area contributed by atoms with Crippen LogP contribution in [0.1, 0.15) is 25.7 Å². The lowest BCUT2D eigenvalue weighted by Crippen LogP contribution is -2.36. The molecule has 0 saturated carbocycles. The maximum Gasteiger partial charge on any atom is 0.270 e. The Labute approximate surface area is 140 Å². The van der Waals surface area contributed by atoms with E-state index in [2.05, 4.69) is 0 Å². The molecule has 132 valence electrons. The van der Waals surface area contributed by atoms with Gasteiger partial charge in [0.05, 0.1) is 15.5 Å². The number of amides is 1.